The van der Waals surface area contributed by atoms with Gasteiger partial charge in [-0.15, -0.1) is 0 Å². The summed E-state index contributed by atoms with van der Waals surface area (Å²) in [5.41, 5.74) is 3.54. The number of likely N-dealkylation sites (N-methyl/N-ethyl adjacent to an activating group) is 1. The molecule has 2 unspecified atom stereocenters. The molecule has 4 heteroatoms. The zero-order valence-electron chi connectivity index (χ0n) is 10.9. The lowest BCUT2D eigenvalue weighted by molar-refractivity contribution is 0.330. The van der Waals surface area contributed by atoms with E-state index in [2.05, 4.69) is 43.1 Å². The zero-order valence-corrected chi connectivity index (χ0v) is 10.9. The van der Waals surface area contributed by atoms with Crippen LogP contribution in [0.25, 0.3) is 0 Å². The Labute approximate surface area is 97.6 Å². The van der Waals surface area contributed by atoms with Gasteiger partial charge in [0.05, 0.1) is 17.1 Å². The van der Waals surface area contributed by atoms with Crippen molar-refractivity contribution in [3.05, 3.63) is 11.4 Å². The summed E-state index contributed by atoms with van der Waals surface area (Å²) in [4.78, 5) is 2.40. The van der Waals surface area contributed by atoms with E-state index in [9.17, 15) is 0 Å². The molecule has 0 radical (unpaired) electrons. The molecule has 1 fully saturated rings. The maximum Gasteiger partial charge on any atom is 0.0827 e. The van der Waals surface area contributed by atoms with Crippen LogP contribution in [0.5, 0.6) is 0 Å². The molecular weight excluding hydrogens is 200 g/mol. The van der Waals surface area contributed by atoms with Gasteiger partial charge in [-0.3, -0.25) is 4.68 Å². The van der Waals surface area contributed by atoms with Crippen molar-refractivity contribution in [3.8, 4) is 0 Å². The Bertz CT molecular complexity index is 373. The third-order valence-electron chi connectivity index (χ3n) is 3.74. The first kappa shape index (κ1) is 11.5. The van der Waals surface area contributed by atoms with Crippen LogP contribution in [0.3, 0.4) is 0 Å². The fourth-order valence-electron chi connectivity index (χ4n) is 2.48. The molecule has 0 spiro atoms. The number of anilines is 1. The van der Waals surface area contributed by atoms with E-state index in [1.165, 1.54) is 17.8 Å². The normalized spacial score (nSPS) is 26.3. The van der Waals surface area contributed by atoms with Crippen molar-refractivity contribution in [2.24, 2.45) is 7.05 Å². The zero-order chi connectivity index (χ0) is 11.9. The molecule has 0 saturated carbocycles. The first-order chi connectivity index (χ1) is 7.49. The lowest BCUT2D eigenvalue weighted by Crippen LogP contribution is -2.25. The van der Waals surface area contributed by atoms with Gasteiger partial charge in [0.2, 0.25) is 0 Å². The van der Waals surface area contributed by atoms with E-state index < -0.39 is 0 Å². The highest BCUT2D eigenvalue weighted by molar-refractivity contribution is 5.52. The van der Waals surface area contributed by atoms with E-state index in [0.717, 1.165) is 12.2 Å². The van der Waals surface area contributed by atoms with Gasteiger partial charge in [0.25, 0.3) is 0 Å². The minimum Gasteiger partial charge on any atom is -0.378 e. The molecule has 0 aromatic carbocycles. The van der Waals surface area contributed by atoms with E-state index in [1.54, 1.807) is 0 Å². The Morgan fingerprint density at radius 1 is 1.31 bits per heavy atom. The number of rotatable bonds is 2. The number of aryl methyl sites for hydroxylation is 2. The van der Waals surface area contributed by atoms with Crippen LogP contribution in [0.15, 0.2) is 0 Å². The topological polar surface area (TPSA) is 33.1 Å². The number of likely N-dealkylation sites (tertiary alicyclic amines) is 1. The maximum absolute atomic E-state index is 4.43. The highest BCUT2D eigenvalue weighted by Crippen LogP contribution is 2.24. The molecule has 1 aromatic rings. The molecule has 4 nitrogen and oxygen atoms in total. The lowest BCUT2D eigenvalue weighted by Gasteiger charge is -2.14. The van der Waals surface area contributed by atoms with Gasteiger partial charge >= 0.3 is 0 Å². The van der Waals surface area contributed by atoms with Crippen molar-refractivity contribution in [2.45, 2.75) is 39.3 Å². The van der Waals surface area contributed by atoms with Crippen LogP contribution in [-0.4, -0.2) is 40.4 Å². The van der Waals surface area contributed by atoms with Crippen LogP contribution in [0.2, 0.25) is 0 Å². The molecule has 0 amide bonds. The van der Waals surface area contributed by atoms with Crippen molar-refractivity contribution in [2.75, 3.05) is 18.9 Å². The van der Waals surface area contributed by atoms with Crippen molar-refractivity contribution >= 4 is 5.69 Å². The Hall–Kier alpha value is -1.03. The summed E-state index contributed by atoms with van der Waals surface area (Å²) in [6.07, 6.45) is 1.21. The van der Waals surface area contributed by atoms with Gasteiger partial charge in [-0.25, -0.2) is 0 Å². The molecule has 1 aromatic heterocycles. The Kier molecular flexibility index (Phi) is 2.93. The third kappa shape index (κ3) is 1.94. The van der Waals surface area contributed by atoms with Gasteiger partial charge in [0.15, 0.2) is 0 Å². The average molecular weight is 222 g/mol. The first-order valence-electron chi connectivity index (χ1n) is 5.96. The first-order valence-corrected chi connectivity index (χ1v) is 5.96. The highest BCUT2D eigenvalue weighted by atomic mass is 15.3. The van der Waals surface area contributed by atoms with Crippen LogP contribution >= 0.6 is 0 Å². The summed E-state index contributed by atoms with van der Waals surface area (Å²) < 4.78 is 1.94. The van der Waals surface area contributed by atoms with Crippen molar-refractivity contribution in [3.63, 3.8) is 0 Å². The summed E-state index contributed by atoms with van der Waals surface area (Å²) in [6, 6.07) is 1.23. The van der Waals surface area contributed by atoms with Gasteiger partial charge in [-0.05, 0) is 34.2 Å². The van der Waals surface area contributed by atoms with Gasteiger partial charge in [0.1, 0.15) is 0 Å². The van der Waals surface area contributed by atoms with Crippen molar-refractivity contribution in [1.82, 2.24) is 14.7 Å². The maximum atomic E-state index is 4.43. The van der Waals surface area contributed by atoms with E-state index in [4.69, 9.17) is 0 Å². The van der Waals surface area contributed by atoms with Crippen molar-refractivity contribution in [1.29, 1.82) is 0 Å². The van der Waals surface area contributed by atoms with Gasteiger partial charge in [-0.2, -0.15) is 5.10 Å². The molecule has 16 heavy (non-hydrogen) atoms. The number of hydrogen-bond acceptors (Lipinski definition) is 3. The summed E-state index contributed by atoms with van der Waals surface area (Å²) in [5, 5.41) is 8.07. The van der Waals surface area contributed by atoms with Gasteiger partial charge < -0.3 is 10.2 Å². The predicted molar refractivity (Wildman–Crippen MR) is 66.8 cm³/mol. The minimum absolute atomic E-state index is 0.557. The van der Waals surface area contributed by atoms with Crippen LogP contribution in [0.4, 0.5) is 5.69 Å². The molecule has 0 bridgehead atoms. The number of hydrogen-bond donors (Lipinski definition) is 1. The molecule has 2 heterocycles. The fourth-order valence-corrected chi connectivity index (χ4v) is 2.48. The van der Waals surface area contributed by atoms with E-state index >= 15 is 0 Å². The van der Waals surface area contributed by atoms with Crippen LogP contribution in [0, 0.1) is 13.8 Å². The fraction of sp³-hybridized carbons (Fsp3) is 0.750. The number of nitrogens with zero attached hydrogens (tertiary/aromatic N) is 3. The Balaban J connectivity index is 2.10. The van der Waals surface area contributed by atoms with E-state index in [0.29, 0.717) is 12.1 Å². The standard InChI is InChI=1S/C12H22N4/c1-8-6-11(7-15(8)4)13-12-9(2)14-16(5)10(12)3/h8,11,13H,6-7H2,1-5H3. The Morgan fingerprint density at radius 2 is 2.00 bits per heavy atom. The molecule has 1 aliphatic heterocycles. The van der Waals surface area contributed by atoms with E-state index in [-0.39, 0.29) is 0 Å². The average Bonchev–Trinajstić information content (AvgIpc) is 2.63. The molecule has 2 atom stereocenters. The van der Waals surface area contributed by atoms with Gasteiger partial charge in [-0.1, -0.05) is 0 Å². The second-order valence-electron chi connectivity index (χ2n) is 5.03. The smallest absolute Gasteiger partial charge is 0.0827 e. The van der Waals surface area contributed by atoms with Crippen LogP contribution in [0.1, 0.15) is 24.7 Å². The SMILES string of the molecule is Cc1nn(C)c(C)c1NC1CC(C)N(C)C1. The quantitative estimate of drug-likeness (QED) is 0.824. The van der Waals surface area contributed by atoms with Gasteiger partial charge in [0, 0.05) is 25.7 Å². The second kappa shape index (κ2) is 4.09. The summed E-state index contributed by atoms with van der Waals surface area (Å²) in [6.45, 7) is 7.58. The molecule has 90 valence electrons. The Morgan fingerprint density at radius 3 is 2.44 bits per heavy atom. The summed E-state index contributed by atoms with van der Waals surface area (Å²) in [7, 11) is 4.19. The van der Waals surface area contributed by atoms with Crippen molar-refractivity contribution < 1.29 is 0 Å². The van der Waals surface area contributed by atoms with Crippen LogP contribution < -0.4 is 5.32 Å². The van der Waals surface area contributed by atoms with E-state index in [1.807, 2.05) is 11.7 Å². The molecule has 2 rings (SSSR count). The predicted octanol–water partition coefficient (Wildman–Crippen LogP) is 1.54. The number of aromatic nitrogens is 2. The third-order valence-corrected chi connectivity index (χ3v) is 3.74. The number of nitrogens with one attached hydrogen (secondary N) is 1. The molecular formula is C12H22N4. The minimum atomic E-state index is 0.557. The molecule has 1 saturated heterocycles. The molecule has 1 aliphatic rings. The monoisotopic (exact) mass is 222 g/mol. The van der Waals surface area contributed by atoms with Crippen LogP contribution in [-0.2, 0) is 7.05 Å². The highest BCUT2D eigenvalue weighted by Gasteiger charge is 2.27. The summed E-state index contributed by atoms with van der Waals surface area (Å²) >= 11 is 0. The lowest BCUT2D eigenvalue weighted by atomic mass is 10.2. The summed E-state index contributed by atoms with van der Waals surface area (Å²) in [5.74, 6) is 0. The molecule has 1 N–H and O–H groups in total. The second-order valence-corrected chi connectivity index (χ2v) is 5.03. The largest absolute Gasteiger partial charge is 0.378 e. The molecule has 0 aliphatic carbocycles.